The Morgan fingerprint density at radius 1 is 1.04 bits per heavy atom. The second kappa shape index (κ2) is 5.95. The molecule has 0 N–H and O–H groups in total. The minimum atomic E-state index is -0.467. The van der Waals surface area contributed by atoms with Gasteiger partial charge in [0, 0.05) is 12.3 Å². The van der Waals surface area contributed by atoms with Gasteiger partial charge >= 0.3 is 0 Å². The summed E-state index contributed by atoms with van der Waals surface area (Å²) in [5.41, 5.74) is 2.50. The molecule has 5 nitrogen and oxygen atoms in total. The number of hydrogen-bond acceptors (Lipinski definition) is 5. The lowest BCUT2D eigenvalue weighted by molar-refractivity contribution is -0.264. The third kappa shape index (κ3) is 2.23. The third-order valence-corrected chi connectivity index (χ3v) is 6.60. The molecule has 2 atom stereocenters. The highest BCUT2D eigenvalue weighted by Crippen LogP contribution is 2.59. The van der Waals surface area contributed by atoms with Crippen LogP contribution in [0.15, 0.2) is 18.2 Å². The quantitative estimate of drug-likeness (QED) is 0.824. The zero-order valence-electron chi connectivity index (χ0n) is 14.8. The standard InChI is InChI=1S/C20H26O5/c1-21-15-4-5-16-14(13-15)3-6-17-19(16,18-22-9-10-23-18)7-2-8-20(17)24-11-12-25-20/h4-5,13,17-18H,2-3,6-12H2,1H3/t17-,19+/m0/s1. The monoisotopic (exact) mass is 346 g/mol. The van der Waals surface area contributed by atoms with Crippen LogP contribution in [0.3, 0.4) is 0 Å². The zero-order chi connectivity index (χ0) is 16.9. The molecule has 0 radical (unpaired) electrons. The topological polar surface area (TPSA) is 46.2 Å². The van der Waals surface area contributed by atoms with Crippen molar-refractivity contribution in [3.05, 3.63) is 29.3 Å². The van der Waals surface area contributed by atoms with E-state index in [1.807, 2.05) is 0 Å². The van der Waals surface area contributed by atoms with E-state index in [-0.39, 0.29) is 17.6 Å². The highest BCUT2D eigenvalue weighted by atomic mass is 16.7. The molecule has 2 aliphatic heterocycles. The van der Waals surface area contributed by atoms with Crippen LogP contribution in [0.25, 0.3) is 0 Å². The molecule has 2 saturated heterocycles. The number of methoxy groups -OCH3 is 1. The van der Waals surface area contributed by atoms with Crippen LogP contribution in [0, 0.1) is 5.92 Å². The number of hydrogen-bond donors (Lipinski definition) is 0. The van der Waals surface area contributed by atoms with Crippen molar-refractivity contribution in [1.82, 2.24) is 0 Å². The first-order valence-corrected chi connectivity index (χ1v) is 9.47. The molecular formula is C20H26O5. The molecule has 5 heteroatoms. The van der Waals surface area contributed by atoms with E-state index in [4.69, 9.17) is 23.7 Å². The van der Waals surface area contributed by atoms with E-state index in [2.05, 4.69) is 18.2 Å². The number of ether oxygens (including phenoxy) is 5. The summed E-state index contributed by atoms with van der Waals surface area (Å²) < 4.78 is 30.1. The Morgan fingerprint density at radius 3 is 2.60 bits per heavy atom. The smallest absolute Gasteiger partial charge is 0.172 e. The molecule has 0 aromatic heterocycles. The van der Waals surface area contributed by atoms with Crippen LogP contribution in [0.4, 0.5) is 0 Å². The van der Waals surface area contributed by atoms with Gasteiger partial charge in [0.2, 0.25) is 0 Å². The molecule has 5 rings (SSSR count). The van der Waals surface area contributed by atoms with Crippen LogP contribution in [-0.4, -0.2) is 45.6 Å². The normalized spacial score (nSPS) is 34.0. The second-order valence-corrected chi connectivity index (χ2v) is 7.59. The third-order valence-electron chi connectivity index (χ3n) is 6.60. The minimum Gasteiger partial charge on any atom is -0.497 e. The molecule has 136 valence electrons. The van der Waals surface area contributed by atoms with Crippen molar-refractivity contribution in [2.75, 3.05) is 33.5 Å². The lowest BCUT2D eigenvalue weighted by Gasteiger charge is -2.56. The van der Waals surface area contributed by atoms with Gasteiger partial charge < -0.3 is 23.7 Å². The van der Waals surface area contributed by atoms with Crippen LogP contribution in [0.1, 0.15) is 36.8 Å². The van der Waals surface area contributed by atoms with E-state index in [0.717, 1.165) is 37.9 Å². The van der Waals surface area contributed by atoms with Gasteiger partial charge in [-0.15, -0.1) is 0 Å². The van der Waals surface area contributed by atoms with Gasteiger partial charge in [0.15, 0.2) is 12.1 Å². The SMILES string of the molecule is COc1ccc2c(c1)CC[C@@H]1C3(CCC[C@@]21C1OCCO1)OCCO3. The molecule has 0 amide bonds. The second-order valence-electron chi connectivity index (χ2n) is 7.59. The van der Waals surface area contributed by atoms with Crippen molar-refractivity contribution in [1.29, 1.82) is 0 Å². The molecule has 3 fully saturated rings. The van der Waals surface area contributed by atoms with Gasteiger partial charge in [-0.05, 0) is 48.9 Å². The van der Waals surface area contributed by atoms with Crippen LogP contribution in [-0.2, 0) is 30.8 Å². The summed E-state index contributed by atoms with van der Waals surface area (Å²) in [4.78, 5) is 0. The number of fused-ring (bicyclic) bond motifs is 4. The minimum absolute atomic E-state index is 0.195. The Hall–Kier alpha value is -1.14. The van der Waals surface area contributed by atoms with Gasteiger partial charge in [-0.1, -0.05) is 6.07 Å². The molecule has 1 spiro atoms. The zero-order valence-corrected chi connectivity index (χ0v) is 14.8. The Balaban J connectivity index is 1.66. The predicted molar refractivity (Wildman–Crippen MR) is 90.7 cm³/mol. The Morgan fingerprint density at radius 2 is 1.84 bits per heavy atom. The van der Waals surface area contributed by atoms with E-state index < -0.39 is 5.79 Å². The largest absolute Gasteiger partial charge is 0.497 e. The van der Waals surface area contributed by atoms with Gasteiger partial charge in [0.1, 0.15) is 5.75 Å². The van der Waals surface area contributed by atoms with Gasteiger partial charge in [-0.2, -0.15) is 0 Å². The Labute approximate surface area is 148 Å². The van der Waals surface area contributed by atoms with Crippen LogP contribution in [0.2, 0.25) is 0 Å². The van der Waals surface area contributed by atoms with E-state index in [1.165, 1.54) is 11.1 Å². The molecule has 0 unspecified atom stereocenters. The molecule has 1 aromatic rings. The number of aryl methyl sites for hydroxylation is 1. The molecule has 2 aliphatic carbocycles. The highest BCUT2D eigenvalue weighted by Gasteiger charge is 2.63. The maximum absolute atomic E-state index is 6.24. The maximum atomic E-state index is 6.24. The molecular weight excluding hydrogens is 320 g/mol. The molecule has 4 aliphatic rings. The fourth-order valence-corrected chi connectivity index (χ4v) is 5.71. The molecule has 1 saturated carbocycles. The van der Waals surface area contributed by atoms with Crippen LogP contribution in [0.5, 0.6) is 5.75 Å². The summed E-state index contributed by atoms with van der Waals surface area (Å²) in [5.74, 6) is 0.713. The molecule has 25 heavy (non-hydrogen) atoms. The first-order chi connectivity index (χ1) is 12.3. The first kappa shape index (κ1) is 16.1. The fraction of sp³-hybridized carbons (Fsp3) is 0.700. The van der Waals surface area contributed by atoms with E-state index >= 15 is 0 Å². The van der Waals surface area contributed by atoms with Gasteiger partial charge in [-0.3, -0.25) is 0 Å². The summed E-state index contributed by atoms with van der Waals surface area (Å²) in [6, 6.07) is 6.47. The summed E-state index contributed by atoms with van der Waals surface area (Å²) in [6.45, 7) is 2.71. The summed E-state index contributed by atoms with van der Waals surface area (Å²) in [6.07, 6.45) is 4.91. The number of benzene rings is 1. The lowest BCUT2D eigenvalue weighted by atomic mass is 9.54. The van der Waals surface area contributed by atoms with Crippen molar-refractivity contribution in [3.8, 4) is 5.75 Å². The van der Waals surface area contributed by atoms with E-state index in [9.17, 15) is 0 Å². The Kier molecular flexibility index (Phi) is 3.82. The predicted octanol–water partition coefficient (Wildman–Crippen LogP) is 2.80. The summed E-state index contributed by atoms with van der Waals surface area (Å²) in [5, 5.41) is 0. The summed E-state index contributed by atoms with van der Waals surface area (Å²) in [7, 11) is 1.72. The van der Waals surface area contributed by atoms with Gasteiger partial charge in [-0.25, -0.2) is 0 Å². The van der Waals surface area contributed by atoms with Crippen LogP contribution < -0.4 is 4.74 Å². The van der Waals surface area contributed by atoms with Crippen molar-refractivity contribution in [2.45, 2.75) is 49.6 Å². The van der Waals surface area contributed by atoms with Crippen molar-refractivity contribution in [3.63, 3.8) is 0 Å². The average molecular weight is 346 g/mol. The number of rotatable bonds is 2. The molecule has 0 bridgehead atoms. The molecule has 2 heterocycles. The first-order valence-electron chi connectivity index (χ1n) is 9.47. The molecule has 1 aromatic carbocycles. The van der Waals surface area contributed by atoms with Crippen LogP contribution >= 0.6 is 0 Å². The fourth-order valence-electron chi connectivity index (χ4n) is 5.71. The van der Waals surface area contributed by atoms with Gasteiger partial charge in [0.25, 0.3) is 0 Å². The van der Waals surface area contributed by atoms with Crippen molar-refractivity contribution >= 4 is 0 Å². The maximum Gasteiger partial charge on any atom is 0.172 e. The Bertz CT molecular complexity index is 647. The van der Waals surface area contributed by atoms with Crippen molar-refractivity contribution < 1.29 is 23.7 Å². The van der Waals surface area contributed by atoms with E-state index in [1.54, 1.807) is 7.11 Å². The lowest BCUT2D eigenvalue weighted by Crippen LogP contribution is -2.61. The van der Waals surface area contributed by atoms with Crippen molar-refractivity contribution in [2.24, 2.45) is 5.92 Å². The highest BCUT2D eigenvalue weighted by molar-refractivity contribution is 5.44. The van der Waals surface area contributed by atoms with Gasteiger partial charge in [0.05, 0.1) is 39.0 Å². The average Bonchev–Trinajstić information content (AvgIpc) is 3.34. The van der Waals surface area contributed by atoms with E-state index in [0.29, 0.717) is 26.4 Å². The summed E-state index contributed by atoms with van der Waals surface area (Å²) >= 11 is 0.